The molecule has 1 fully saturated rings. The van der Waals surface area contributed by atoms with Crippen molar-refractivity contribution in [1.29, 1.82) is 0 Å². The third kappa shape index (κ3) is 4.67. The summed E-state index contributed by atoms with van der Waals surface area (Å²) in [6.07, 6.45) is 6.76. The van der Waals surface area contributed by atoms with Crippen molar-refractivity contribution in [1.82, 2.24) is 14.9 Å². The molecule has 0 spiro atoms. The summed E-state index contributed by atoms with van der Waals surface area (Å²) >= 11 is 1.73. The van der Waals surface area contributed by atoms with Gasteiger partial charge in [0.1, 0.15) is 0 Å². The zero-order valence-electron chi connectivity index (χ0n) is 11.9. The van der Waals surface area contributed by atoms with Crippen LogP contribution in [0.4, 0.5) is 5.95 Å². The molecule has 5 nitrogen and oxygen atoms in total. The number of thioether (sulfide) groups is 1. The monoisotopic (exact) mass is 294 g/mol. The zero-order chi connectivity index (χ0) is 14.2. The quantitative estimate of drug-likeness (QED) is 0.780. The number of nitrogens with one attached hydrogen (secondary N) is 1. The lowest BCUT2D eigenvalue weighted by molar-refractivity contribution is -0.129. The van der Waals surface area contributed by atoms with Crippen LogP contribution in [0.3, 0.4) is 0 Å². The fourth-order valence-corrected chi connectivity index (χ4v) is 3.14. The number of rotatable bonds is 7. The summed E-state index contributed by atoms with van der Waals surface area (Å²) < 4.78 is 0. The minimum absolute atomic E-state index is 0.0704. The molecule has 2 heterocycles. The van der Waals surface area contributed by atoms with E-state index >= 15 is 0 Å². The third-order valence-electron chi connectivity index (χ3n) is 3.30. The number of carbonyl (C=O) groups excluding carboxylic acids is 1. The molecule has 1 aromatic heterocycles. The van der Waals surface area contributed by atoms with Gasteiger partial charge < -0.3 is 10.2 Å². The van der Waals surface area contributed by atoms with Gasteiger partial charge in [-0.25, -0.2) is 9.97 Å². The van der Waals surface area contributed by atoms with E-state index in [1.807, 2.05) is 11.8 Å². The lowest BCUT2D eigenvalue weighted by atomic mass is 10.4. The Morgan fingerprint density at radius 1 is 1.40 bits per heavy atom. The molecule has 0 saturated carbocycles. The number of amides is 1. The van der Waals surface area contributed by atoms with E-state index in [1.165, 1.54) is 0 Å². The van der Waals surface area contributed by atoms with Crippen molar-refractivity contribution in [3.8, 4) is 0 Å². The highest BCUT2D eigenvalue weighted by molar-refractivity contribution is 8.00. The van der Waals surface area contributed by atoms with E-state index in [0.29, 0.717) is 11.9 Å². The van der Waals surface area contributed by atoms with Crippen molar-refractivity contribution in [2.75, 3.05) is 30.7 Å². The van der Waals surface area contributed by atoms with Crippen LogP contribution < -0.4 is 5.32 Å². The summed E-state index contributed by atoms with van der Waals surface area (Å²) in [5.41, 5.74) is 0. The number of anilines is 1. The minimum Gasteiger partial charge on any atom is -0.354 e. The minimum atomic E-state index is 0.0704. The summed E-state index contributed by atoms with van der Waals surface area (Å²) in [6.45, 7) is 4.73. The van der Waals surface area contributed by atoms with E-state index in [2.05, 4.69) is 15.3 Å². The predicted molar refractivity (Wildman–Crippen MR) is 82.9 cm³/mol. The molecule has 1 N–H and O–H groups in total. The first-order valence-electron chi connectivity index (χ1n) is 7.18. The molecule has 0 aliphatic carbocycles. The molecule has 20 heavy (non-hydrogen) atoms. The lowest BCUT2D eigenvalue weighted by Gasteiger charge is -2.19. The van der Waals surface area contributed by atoms with Crippen molar-refractivity contribution >= 4 is 23.6 Å². The summed E-state index contributed by atoms with van der Waals surface area (Å²) in [5, 5.41) is 3.24. The van der Waals surface area contributed by atoms with Gasteiger partial charge in [-0.2, -0.15) is 0 Å². The van der Waals surface area contributed by atoms with Crippen LogP contribution in [0.1, 0.15) is 26.2 Å². The topological polar surface area (TPSA) is 58.1 Å². The lowest BCUT2D eigenvalue weighted by Crippen LogP contribution is -2.34. The second kappa shape index (κ2) is 8.09. The summed E-state index contributed by atoms with van der Waals surface area (Å²) in [4.78, 5) is 22.3. The third-order valence-corrected chi connectivity index (χ3v) is 4.53. The van der Waals surface area contributed by atoms with Gasteiger partial charge in [-0.05, 0) is 38.0 Å². The summed E-state index contributed by atoms with van der Waals surface area (Å²) in [6, 6.07) is 1.80. The van der Waals surface area contributed by atoms with Crippen LogP contribution >= 0.6 is 11.8 Å². The van der Waals surface area contributed by atoms with E-state index in [0.717, 1.165) is 44.6 Å². The molecule has 2 rings (SSSR count). The van der Waals surface area contributed by atoms with Crippen LogP contribution in [0.25, 0.3) is 0 Å². The highest BCUT2D eigenvalue weighted by atomic mass is 32.2. The highest BCUT2D eigenvalue weighted by Gasteiger charge is 2.22. The maximum atomic E-state index is 12.1. The second-order valence-corrected chi connectivity index (χ2v) is 6.35. The SMILES string of the molecule is C[C@@H](SCCCNc1ncccn1)C(=O)N1CCCC1. The van der Waals surface area contributed by atoms with Crippen molar-refractivity contribution in [2.24, 2.45) is 0 Å². The molecule has 110 valence electrons. The normalized spacial score (nSPS) is 16.1. The standard InChI is InChI=1S/C14H22N4OS/c1-12(13(19)18-9-2-3-10-18)20-11-5-8-17-14-15-6-4-7-16-14/h4,6-7,12H,2-3,5,8-11H2,1H3,(H,15,16,17)/t12-/m1/s1. The Bertz CT molecular complexity index is 409. The van der Waals surface area contributed by atoms with Crippen LogP contribution in [0.15, 0.2) is 18.5 Å². The fourth-order valence-electron chi connectivity index (χ4n) is 2.19. The van der Waals surface area contributed by atoms with Gasteiger partial charge in [0.05, 0.1) is 5.25 Å². The van der Waals surface area contributed by atoms with E-state index in [1.54, 1.807) is 30.2 Å². The molecule has 0 radical (unpaired) electrons. The Hall–Kier alpha value is -1.30. The molecule has 1 aliphatic heterocycles. The molecule has 1 aliphatic rings. The van der Waals surface area contributed by atoms with Gasteiger partial charge in [-0.15, -0.1) is 11.8 Å². The number of hydrogen-bond donors (Lipinski definition) is 1. The van der Waals surface area contributed by atoms with E-state index in [9.17, 15) is 4.79 Å². The maximum absolute atomic E-state index is 12.1. The number of nitrogens with zero attached hydrogens (tertiary/aromatic N) is 3. The summed E-state index contributed by atoms with van der Waals surface area (Å²) in [7, 11) is 0. The van der Waals surface area contributed by atoms with Gasteiger partial charge in [0.2, 0.25) is 11.9 Å². The largest absolute Gasteiger partial charge is 0.354 e. The molecule has 1 saturated heterocycles. The first-order chi connectivity index (χ1) is 9.77. The van der Waals surface area contributed by atoms with Crippen LogP contribution in [-0.4, -0.2) is 51.4 Å². The first kappa shape index (κ1) is 15.1. The van der Waals surface area contributed by atoms with Crippen molar-refractivity contribution in [3.63, 3.8) is 0 Å². The molecule has 0 bridgehead atoms. The Morgan fingerprint density at radius 3 is 2.80 bits per heavy atom. The Kier molecular flexibility index (Phi) is 6.11. The number of likely N-dealkylation sites (tertiary alicyclic amines) is 1. The van der Waals surface area contributed by atoms with E-state index in [4.69, 9.17) is 0 Å². The second-order valence-electron chi connectivity index (χ2n) is 4.90. The molecular weight excluding hydrogens is 272 g/mol. The molecule has 1 aromatic rings. The van der Waals surface area contributed by atoms with Gasteiger partial charge >= 0.3 is 0 Å². The van der Waals surface area contributed by atoms with E-state index in [-0.39, 0.29) is 5.25 Å². The number of hydrogen-bond acceptors (Lipinski definition) is 5. The highest BCUT2D eigenvalue weighted by Crippen LogP contribution is 2.17. The van der Waals surface area contributed by atoms with Gasteiger partial charge in [0.15, 0.2) is 0 Å². The first-order valence-corrected chi connectivity index (χ1v) is 8.23. The smallest absolute Gasteiger partial charge is 0.235 e. The van der Waals surface area contributed by atoms with Gasteiger partial charge in [-0.1, -0.05) is 0 Å². The predicted octanol–water partition coefficient (Wildman–Crippen LogP) is 2.02. The molecular formula is C14H22N4OS. The van der Waals surface area contributed by atoms with Crippen LogP contribution in [0, 0.1) is 0 Å². The number of carbonyl (C=O) groups is 1. The molecule has 1 amide bonds. The number of aromatic nitrogens is 2. The van der Waals surface area contributed by atoms with E-state index < -0.39 is 0 Å². The van der Waals surface area contributed by atoms with Gasteiger partial charge in [0.25, 0.3) is 0 Å². The summed E-state index contributed by atoms with van der Waals surface area (Å²) in [5.74, 6) is 1.94. The van der Waals surface area contributed by atoms with Crippen LogP contribution in [0.2, 0.25) is 0 Å². The van der Waals surface area contributed by atoms with Gasteiger partial charge in [0, 0.05) is 32.0 Å². The van der Waals surface area contributed by atoms with Crippen LogP contribution in [-0.2, 0) is 4.79 Å². The van der Waals surface area contributed by atoms with Crippen molar-refractivity contribution in [2.45, 2.75) is 31.4 Å². The van der Waals surface area contributed by atoms with Gasteiger partial charge in [-0.3, -0.25) is 4.79 Å². The Balaban J connectivity index is 1.57. The molecule has 0 aromatic carbocycles. The fraction of sp³-hybridized carbons (Fsp3) is 0.643. The average Bonchev–Trinajstić information content (AvgIpc) is 3.01. The molecule has 0 unspecified atom stereocenters. The maximum Gasteiger partial charge on any atom is 0.235 e. The average molecular weight is 294 g/mol. The van der Waals surface area contributed by atoms with Crippen molar-refractivity contribution in [3.05, 3.63) is 18.5 Å². The molecule has 1 atom stereocenters. The molecule has 6 heteroatoms. The van der Waals surface area contributed by atoms with Crippen molar-refractivity contribution < 1.29 is 4.79 Å². The zero-order valence-corrected chi connectivity index (χ0v) is 12.7. The Labute approximate surface area is 124 Å². The Morgan fingerprint density at radius 2 is 2.10 bits per heavy atom. The van der Waals surface area contributed by atoms with Crippen LogP contribution in [0.5, 0.6) is 0 Å².